The average molecular weight is 285 g/mol. The van der Waals surface area contributed by atoms with Crippen LogP contribution >= 0.6 is 12.2 Å². The molecule has 4 heteroatoms. The molecule has 1 aromatic heterocycles. The number of thiocarbonyl (C=S) groups is 1. The molecule has 0 radical (unpaired) electrons. The maximum absolute atomic E-state index is 5.38. The fourth-order valence-electron chi connectivity index (χ4n) is 1.96. The molecule has 2 aromatic rings. The summed E-state index contributed by atoms with van der Waals surface area (Å²) in [5.74, 6) is 0. The normalized spacial score (nSPS) is 11.8. The van der Waals surface area contributed by atoms with Gasteiger partial charge in [-0.3, -0.25) is 4.98 Å². The third-order valence-electron chi connectivity index (χ3n) is 3.19. The zero-order chi connectivity index (χ0) is 14.5. The van der Waals surface area contributed by atoms with Gasteiger partial charge in [-0.15, -0.1) is 0 Å². The Morgan fingerprint density at radius 2 is 1.85 bits per heavy atom. The topological polar surface area (TPSA) is 37.0 Å². The van der Waals surface area contributed by atoms with Crippen LogP contribution in [0.5, 0.6) is 0 Å². The van der Waals surface area contributed by atoms with Crippen LogP contribution in [0.1, 0.15) is 29.7 Å². The SMILES string of the molecule is Cc1ccc(C)c(NC(=S)NC(C)c2ccncc2)c1. The summed E-state index contributed by atoms with van der Waals surface area (Å²) < 4.78 is 0. The minimum Gasteiger partial charge on any atom is -0.356 e. The highest BCUT2D eigenvalue weighted by atomic mass is 32.1. The van der Waals surface area contributed by atoms with Crippen molar-refractivity contribution in [2.24, 2.45) is 0 Å². The van der Waals surface area contributed by atoms with Crippen LogP contribution in [0.4, 0.5) is 5.69 Å². The van der Waals surface area contributed by atoms with E-state index in [0.29, 0.717) is 5.11 Å². The summed E-state index contributed by atoms with van der Waals surface area (Å²) in [6, 6.07) is 10.4. The van der Waals surface area contributed by atoms with Gasteiger partial charge in [0.2, 0.25) is 0 Å². The molecule has 0 saturated heterocycles. The lowest BCUT2D eigenvalue weighted by Crippen LogP contribution is -2.31. The standard InChI is InChI=1S/C16H19N3S/c1-11-4-5-12(2)15(10-11)19-16(20)18-13(3)14-6-8-17-9-7-14/h4-10,13H,1-3H3,(H2,18,19,20). The van der Waals surface area contributed by atoms with Crippen LogP contribution in [0, 0.1) is 13.8 Å². The monoisotopic (exact) mass is 285 g/mol. The predicted octanol–water partition coefficient (Wildman–Crippen LogP) is 3.75. The van der Waals surface area contributed by atoms with E-state index in [1.54, 1.807) is 12.4 Å². The number of aromatic nitrogens is 1. The summed E-state index contributed by atoms with van der Waals surface area (Å²) in [6.07, 6.45) is 3.57. The van der Waals surface area contributed by atoms with E-state index in [9.17, 15) is 0 Å². The van der Waals surface area contributed by atoms with Crippen LogP contribution in [-0.4, -0.2) is 10.1 Å². The molecular weight excluding hydrogens is 266 g/mol. The molecule has 20 heavy (non-hydrogen) atoms. The van der Waals surface area contributed by atoms with Gasteiger partial charge in [0.1, 0.15) is 0 Å². The van der Waals surface area contributed by atoms with Crippen molar-refractivity contribution in [1.82, 2.24) is 10.3 Å². The number of anilines is 1. The first kappa shape index (κ1) is 14.5. The summed E-state index contributed by atoms with van der Waals surface area (Å²) >= 11 is 5.38. The van der Waals surface area contributed by atoms with Gasteiger partial charge >= 0.3 is 0 Å². The molecule has 1 atom stereocenters. The van der Waals surface area contributed by atoms with Gasteiger partial charge in [0.15, 0.2) is 5.11 Å². The molecule has 0 saturated carbocycles. The molecule has 2 rings (SSSR count). The summed E-state index contributed by atoms with van der Waals surface area (Å²) in [5.41, 5.74) is 4.59. The quantitative estimate of drug-likeness (QED) is 0.842. The molecule has 0 spiro atoms. The third-order valence-corrected chi connectivity index (χ3v) is 3.41. The van der Waals surface area contributed by atoms with E-state index in [1.165, 1.54) is 11.1 Å². The lowest BCUT2D eigenvalue weighted by molar-refractivity contribution is 0.721. The molecule has 0 aliphatic heterocycles. The molecule has 0 bridgehead atoms. The van der Waals surface area contributed by atoms with Crippen molar-refractivity contribution in [3.8, 4) is 0 Å². The fraction of sp³-hybridized carbons (Fsp3) is 0.250. The number of nitrogens with one attached hydrogen (secondary N) is 2. The molecule has 3 nitrogen and oxygen atoms in total. The molecule has 0 aliphatic carbocycles. The summed E-state index contributed by atoms with van der Waals surface area (Å²) in [5, 5.41) is 7.17. The van der Waals surface area contributed by atoms with E-state index in [0.717, 1.165) is 11.3 Å². The van der Waals surface area contributed by atoms with Gasteiger partial charge in [-0.2, -0.15) is 0 Å². The number of hydrogen-bond donors (Lipinski definition) is 2. The maximum atomic E-state index is 5.38. The molecule has 1 heterocycles. The van der Waals surface area contributed by atoms with Gasteiger partial charge in [-0.1, -0.05) is 12.1 Å². The first-order chi connectivity index (χ1) is 9.56. The van der Waals surface area contributed by atoms with Crippen LogP contribution in [0.3, 0.4) is 0 Å². The van der Waals surface area contributed by atoms with Crippen LogP contribution in [0.2, 0.25) is 0 Å². The van der Waals surface area contributed by atoms with Crippen molar-refractivity contribution in [3.63, 3.8) is 0 Å². The molecule has 0 fully saturated rings. The Bertz CT molecular complexity index is 596. The first-order valence-electron chi connectivity index (χ1n) is 6.61. The minimum atomic E-state index is 0.142. The molecule has 0 amide bonds. The molecule has 1 aromatic carbocycles. The second kappa shape index (κ2) is 6.48. The zero-order valence-corrected chi connectivity index (χ0v) is 12.8. The summed E-state index contributed by atoms with van der Waals surface area (Å²) in [6.45, 7) is 6.21. The van der Waals surface area contributed by atoms with E-state index < -0.39 is 0 Å². The highest BCUT2D eigenvalue weighted by Gasteiger charge is 2.07. The lowest BCUT2D eigenvalue weighted by atomic mass is 10.1. The van der Waals surface area contributed by atoms with E-state index in [1.807, 2.05) is 12.1 Å². The Labute approximate surface area is 125 Å². The summed E-state index contributed by atoms with van der Waals surface area (Å²) in [7, 11) is 0. The Balaban J connectivity index is 2.01. The van der Waals surface area contributed by atoms with Crippen LogP contribution in [-0.2, 0) is 0 Å². The number of benzene rings is 1. The van der Waals surface area contributed by atoms with Crippen LogP contribution in [0.15, 0.2) is 42.7 Å². The Kier molecular flexibility index (Phi) is 4.69. The Morgan fingerprint density at radius 3 is 2.55 bits per heavy atom. The lowest BCUT2D eigenvalue weighted by Gasteiger charge is -2.18. The second-order valence-corrected chi connectivity index (χ2v) is 5.33. The average Bonchev–Trinajstić information content (AvgIpc) is 2.43. The van der Waals surface area contributed by atoms with Crippen molar-refractivity contribution in [3.05, 3.63) is 59.4 Å². The van der Waals surface area contributed by atoms with Crippen molar-refractivity contribution in [1.29, 1.82) is 0 Å². The second-order valence-electron chi connectivity index (χ2n) is 4.92. The van der Waals surface area contributed by atoms with E-state index in [-0.39, 0.29) is 6.04 Å². The van der Waals surface area contributed by atoms with E-state index in [2.05, 4.69) is 54.6 Å². The molecule has 0 aliphatic rings. The number of rotatable bonds is 3. The largest absolute Gasteiger partial charge is 0.356 e. The number of hydrogen-bond acceptors (Lipinski definition) is 2. The Morgan fingerprint density at radius 1 is 1.15 bits per heavy atom. The van der Waals surface area contributed by atoms with E-state index in [4.69, 9.17) is 12.2 Å². The third kappa shape index (κ3) is 3.78. The maximum Gasteiger partial charge on any atom is 0.171 e. The zero-order valence-electron chi connectivity index (χ0n) is 12.0. The van der Waals surface area contributed by atoms with Gasteiger partial charge in [-0.05, 0) is 67.9 Å². The number of pyridine rings is 1. The Hall–Kier alpha value is -1.94. The van der Waals surface area contributed by atoms with Gasteiger partial charge in [-0.25, -0.2) is 0 Å². The molecular formula is C16H19N3S. The van der Waals surface area contributed by atoms with Crippen molar-refractivity contribution >= 4 is 23.0 Å². The highest BCUT2D eigenvalue weighted by molar-refractivity contribution is 7.80. The smallest absolute Gasteiger partial charge is 0.171 e. The molecule has 104 valence electrons. The van der Waals surface area contributed by atoms with Gasteiger partial charge < -0.3 is 10.6 Å². The number of aryl methyl sites for hydroxylation is 2. The number of nitrogens with zero attached hydrogens (tertiary/aromatic N) is 1. The first-order valence-corrected chi connectivity index (χ1v) is 7.02. The van der Waals surface area contributed by atoms with Crippen LogP contribution in [0.25, 0.3) is 0 Å². The van der Waals surface area contributed by atoms with E-state index >= 15 is 0 Å². The summed E-state index contributed by atoms with van der Waals surface area (Å²) in [4.78, 5) is 4.02. The highest BCUT2D eigenvalue weighted by Crippen LogP contribution is 2.17. The van der Waals surface area contributed by atoms with Gasteiger partial charge in [0.25, 0.3) is 0 Å². The molecule has 2 N–H and O–H groups in total. The van der Waals surface area contributed by atoms with Crippen molar-refractivity contribution < 1.29 is 0 Å². The van der Waals surface area contributed by atoms with Gasteiger partial charge in [0.05, 0.1) is 6.04 Å². The molecule has 1 unspecified atom stereocenters. The van der Waals surface area contributed by atoms with Crippen molar-refractivity contribution in [2.45, 2.75) is 26.8 Å². The van der Waals surface area contributed by atoms with Crippen molar-refractivity contribution in [2.75, 3.05) is 5.32 Å². The van der Waals surface area contributed by atoms with Gasteiger partial charge in [0, 0.05) is 18.1 Å². The van der Waals surface area contributed by atoms with Crippen LogP contribution < -0.4 is 10.6 Å². The minimum absolute atomic E-state index is 0.142. The predicted molar refractivity (Wildman–Crippen MR) is 87.9 cm³/mol. The fourth-order valence-corrected chi connectivity index (χ4v) is 2.25.